The van der Waals surface area contributed by atoms with Gasteiger partial charge in [-0.3, -0.25) is 9.59 Å². The van der Waals surface area contributed by atoms with Crippen LogP contribution in [0.5, 0.6) is 5.75 Å². The topological polar surface area (TPSA) is 53.1 Å². The van der Waals surface area contributed by atoms with Crippen molar-refractivity contribution in [3.63, 3.8) is 0 Å². The minimum Gasteiger partial charge on any atom is -0.491 e. The summed E-state index contributed by atoms with van der Waals surface area (Å²) < 4.78 is 5.98. The number of para-hydroxylation sites is 2. The highest BCUT2D eigenvalue weighted by molar-refractivity contribution is 6.06. The van der Waals surface area contributed by atoms with E-state index in [0.29, 0.717) is 24.3 Å². The van der Waals surface area contributed by atoms with Gasteiger partial charge in [0, 0.05) is 45.2 Å². The number of anilines is 1. The van der Waals surface area contributed by atoms with Crippen LogP contribution in [0.1, 0.15) is 36.0 Å². The van der Waals surface area contributed by atoms with Crippen molar-refractivity contribution in [2.75, 3.05) is 51.8 Å². The van der Waals surface area contributed by atoms with Crippen molar-refractivity contribution >= 4 is 17.5 Å². The Morgan fingerprint density at radius 1 is 0.903 bits per heavy atom. The first-order chi connectivity index (χ1) is 15.1. The molecule has 1 heterocycles. The lowest BCUT2D eigenvalue weighted by Crippen LogP contribution is -2.47. The van der Waals surface area contributed by atoms with E-state index in [0.717, 1.165) is 51.1 Å². The van der Waals surface area contributed by atoms with Gasteiger partial charge in [-0.2, -0.15) is 0 Å². The van der Waals surface area contributed by atoms with E-state index in [9.17, 15) is 9.59 Å². The summed E-state index contributed by atoms with van der Waals surface area (Å²) in [5.74, 6) is 0.891. The molecule has 0 aromatic heterocycles. The predicted octanol–water partition coefficient (Wildman–Crippen LogP) is 3.68. The summed E-state index contributed by atoms with van der Waals surface area (Å²) in [6.07, 6.45) is 3.30. The Hall–Kier alpha value is -2.86. The number of benzene rings is 2. The first-order valence-corrected chi connectivity index (χ1v) is 11.1. The maximum atomic E-state index is 12.8. The summed E-state index contributed by atoms with van der Waals surface area (Å²) in [6.45, 7) is 4.16. The van der Waals surface area contributed by atoms with Crippen LogP contribution in [0.25, 0.3) is 0 Å². The summed E-state index contributed by atoms with van der Waals surface area (Å²) in [7, 11) is 3.86. The molecule has 31 heavy (non-hydrogen) atoms. The lowest BCUT2D eigenvalue weighted by atomic mass is 10.1. The smallest absolute Gasteiger partial charge is 0.258 e. The molecule has 1 aliphatic rings. The third kappa shape index (κ3) is 6.56. The third-order valence-electron chi connectivity index (χ3n) is 5.70. The van der Waals surface area contributed by atoms with Gasteiger partial charge in [-0.05, 0) is 50.6 Å². The van der Waals surface area contributed by atoms with Gasteiger partial charge < -0.3 is 19.4 Å². The van der Waals surface area contributed by atoms with Gasteiger partial charge >= 0.3 is 0 Å². The number of rotatable bonds is 9. The van der Waals surface area contributed by atoms with Crippen LogP contribution in [0.3, 0.4) is 0 Å². The van der Waals surface area contributed by atoms with E-state index >= 15 is 0 Å². The fraction of sp³-hybridized carbons (Fsp3) is 0.440. The first kappa shape index (κ1) is 22.8. The molecule has 0 bridgehead atoms. The summed E-state index contributed by atoms with van der Waals surface area (Å²) in [6, 6.07) is 16.8. The van der Waals surface area contributed by atoms with E-state index in [-0.39, 0.29) is 11.8 Å². The predicted molar refractivity (Wildman–Crippen MR) is 124 cm³/mol. The second kappa shape index (κ2) is 11.5. The van der Waals surface area contributed by atoms with Crippen molar-refractivity contribution in [1.82, 2.24) is 9.80 Å². The lowest BCUT2D eigenvalue weighted by Gasteiger charge is -2.32. The number of carbonyl (C=O) groups is 2. The molecule has 0 radical (unpaired) electrons. The molecule has 1 fully saturated rings. The average Bonchev–Trinajstić information content (AvgIpc) is 2.81. The number of piperazine rings is 1. The monoisotopic (exact) mass is 423 g/mol. The zero-order chi connectivity index (χ0) is 22.1. The molecule has 3 rings (SSSR count). The second-order valence-electron chi connectivity index (χ2n) is 8.04. The highest BCUT2D eigenvalue weighted by atomic mass is 16.5. The number of unbranched alkanes of at least 4 members (excludes halogenated alkanes) is 2. The first-order valence-electron chi connectivity index (χ1n) is 11.1. The Labute approximate surface area is 185 Å². The highest BCUT2D eigenvalue weighted by Gasteiger charge is 2.19. The number of likely N-dealkylation sites (N-methyl/N-ethyl adjacent to an activating group) is 1. The molecule has 0 aliphatic carbocycles. The van der Waals surface area contributed by atoms with E-state index in [4.69, 9.17) is 4.74 Å². The molecule has 0 N–H and O–H groups in total. The van der Waals surface area contributed by atoms with E-state index in [1.54, 1.807) is 11.9 Å². The van der Waals surface area contributed by atoms with Crippen molar-refractivity contribution in [3.8, 4) is 5.75 Å². The molecular weight excluding hydrogens is 390 g/mol. The number of hydrogen-bond acceptors (Lipinski definition) is 4. The molecule has 6 heteroatoms. The second-order valence-corrected chi connectivity index (χ2v) is 8.04. The third-order valence-corrected chi connectivity index (χ3v) is 5.70. The van der Waals surface area contributed by atoms with Crippen molar-refractivity contribution in [3.05, 3.63) is 60.2 Å². The molecule has 0 saturated carbocycles. The molecule has 6 nitrogen and oxygen atoms in total. The SMILES string of the molecule is CN1CCN(C(=O)CCCCCOc2ccccc2N(C)C(=O)c2ccccc2)CC1. The maximum Gasteiger partial charge on any atom is 0.258 e. The Bertz CT molecular complexity index is 848. The van der Waals surface area contributed by atoms with E-state index < -0.39 is 0 Å². The Morgan fingerprint density at radius 3 is 2.32 bits per heavy atom. The number of ether oxygens (including phenoxy) is 1. The Morgan fingerprint density at radius 2 is 1.58 bits per heavy atom. The van der Waals surface area contributed by atoms with Gasteiger partial charge in [0.15, 0.2) is 0 Å². The van der Waals surface area contributed by atoms with Crippen molar-refractivity contribution in [2.45, 2.75) is 25.7 Å². The summed E-state index contributed by atoms with van der Waals surface area (Å²) in [5, 5.41) is 0. The minimum atomic E-state index is -0.0703. The van der Waals surface area contributed by atoms with Gasteiger partial charge in [-0.1, -0.05) is 30.3 Å². The van der Waals surface area contributed by atoms with Crippen LogP contribution in [0.2, 0.25) is 0 Å². The molecule has 2 amide bonds. The molecule has 2 aromatic rings. The van der Waals surface area contributed by atoms with E-state index in [1.165, 1.54) is 0 Å². The maximum absolute atomic E-state index is 12.8. The van der Waals surface area contributed by atoms with Gasteiger partial charge in [0.25, 0.3) is 5.91 Å². The molecule has 1 saturated heterocycles. The van der Waals surface area contributed by atoms with Gasteiger partial charge in [-0.25, -0.2) is 0 Å². The standard InChI is InChI=1S/C25H33N3O3/c1-26-16-18-28(19-17-26)24(29)15-7-4-10-20-31-23-14-9-8-13-22(23)27(2)25(30)21-11-5-3-6-12-21/h3,5-6,8-9,11-14H,4,7,10,15-20H2,1-2H3. The average molecular weight is 424 g/mol. The number of carbonyl (C=O) groups excluding carboxylic acids is 2. The molecule has 0 unspecified atom stereocenters. The van der Waals surface area contributed by atoms with Gasteiger partial charge in [0.2, 0.25) is 5.91 Å². The normalized spacial score (nSPS) is 14.3. The van der Waals surface area contributed by atoms with E-state index in [1.807, 2.05) is 59.5 Å². The summed E-state index contributed by atoms with van der Waals surface area (Å²) in [4.78, 5) is 30.9. The molecule has 2 aromatic carbocycles. The van der Waals surface area contributed by atoms with E-state index in [2.05, 4.69) is 11.9 Å². The van der Waals surface area contributed by atoms with Crippen LogP contribution in [0, 0.1) is 0 Å². The Kier molecular flexibility index (Phi) is 8.47. The number of nitrogens with zero attached hydrogens (tertiary/aromatic N) is 3. The van der Waals surface area contributed by atoms with Crippen LogP contribution in [-0.2, 0) is 4.79 Å². The largest absolute Gasteiger partial charge is 0.491 e. The molecule has 0 spiro atoms. The quantitative estimate of drug-likeness (QED) is 0.578. The molecule has 1 aliphatic heterocycles. The van der Waals surface area contributed by atoms with Gasteiger partial charge in [-0.15, -0.1) is 0 Å². The van der Waals surface area contributed by atoms with Crippen molar-refractivity contribution in [1.29, 1.82) is 0 Å². The summed E-state index contributed by atoms with van der Waals surface area (Å²) in [5.41, 5.74) is 1.39. The lowest BCUT2D eigenvalue weighted by molar-refractivity contribution is -0.132. The van der Waals surface area contributed by atoms with Crippen molar-refractivity contribution < 1.29 is 14.3 Å². The molecule has 0 atom stereocenters. The molecular formula is C25H33N3O3. The highest BCUT2D eigenvalue weighted by Crippen LogP contribution is 2.28. The van der Waals surface area contributed by atoms with Crippen LogP contribution in [0.4, 0.5) is 5.69 Å². The molecule has 166 valence electrons. The van der Waals surface area contributed by atoms with Crippen molar-refractivity contribution in [2.24, 2.45) is 0 Å². The Balaban J connectivity index is 1.42. The van der Waals surface area contributed by atoms with Crippen LogP contribution in [0.15, 0.2) is 54.6 Å². The zero-order valence-electron chi connectivity index (χ0n) is 18.6. The van der Waals surface area contributed by atoms with Gasteiger partial charge in [0.1, 0.15) is 5.75 Å². The van der Waals surface area contributed by atoms with Crippen LogP contribution >= 0.6 is 0 Å². The number of amides is 2. The van der Waals surface area contributed by atoms with Crippen LogP contribution in [-0.4, -0.2) is 68.5 Å². The fourth-order valence-corrected chi connectivity index (χ4v) is 3.69. The number of hydrogen-bond donors (Lipinski definition) is 0. The zero-order valence-corrected chi connectivity index (χ0v) is 18.6. The summed E-state index contributed by atoms with van der Waals surface area (Å²) >= 11 is 0. The van der Waals surface area contributed by atoms with Gasteiger partial charge in [0.05, 0.1) is 12.3 Å². The van der Waals surface area contributed by atoms with Crippen LogP contribution < -0.4 is 9.64 Å². The fourth-order valence-electron chi connectivity index (χ4n) is 3.69. The minimum absolute atomic E-state index is 0.0703.